The van der Waals surface area contributed by atoms with E-state index in [1.54, 1.807) is 0 Å². The first-order valence-corrected chi connectivity index (χ1v) is 6.07. The molecule has 0 aliphatic heterocycles. The molecule has 0 spiro atoms. The lowest BCUT2D eigenvalue weighted by atomic mass is 10.1. The second-order valence-corrected chi connectivity index (χ2v) is 4.50. The van der Waals surface area contributed by atoms with Gasteiger partial charge in [-0.1, -0.05) is 5.16 Å². The summed E-state index contributed by atoms with van der Waals surface area (Å²) in [6, 6.07) is 2.77. The largest absolute Gasteiger partial charge is 0.410 e. The van der Waals surface area contributed by atoms with E-state index in [9.17, 15) is 19.2 Å². The van der Waals surface area contributed by atoms with E-state index >= 15 is 0 Å². The normalized spacial score (nSPS) is 13.3. The summed E-state index contributed by atoms with van der Waals surface area (Å²) in [5.74, 6) is 0. The zero-order chi connectivity index (χ0) is 16.0. The number of pyridine rings is 2. The highest BCUT2D eigenvalue weighted by Gasteiger charge is 2.14. The van der Waals surface area contributed by atoms with Gasteiger partial charge in [-0.3, -0.25) is 24.2 Å². The Hall–Kier alpha value is -3.36. The first-order chi connectivity index (χ1) is 10.5. The van der Waals surface area contributed by atoms with Gasteiger partial charge < -0.3 is 15.2 Å². The van der Waals surface area contributed by atoms with Crippen molar-refractivity contribution in [1.29, 1.82) is 0 Å². The average molecular weight is 300 g/mol. The molecule has 9 nitrogen and oxygen atoms in total. The maximum atomic E-state index is 12.4. The van der Waals surface area contributed by atoms with E-state index < -0.39 is 27.3 Å². The van der Waals surface area contributed by atoms with Crippen LogP contribution in [0.5, 0.6) is 0 Å². The molecule has 2 aromatic heterocycles. The van der Waals surface area contributed by atoms with Gasteiger partial charge in [0.25, 0.3) is 11.1 Å². The number of aromatic amines is 2. The molecule has 0 saturated heterocycles. The Kier molecular flexibility index (Phi) is 2.84. The van der Waals surface area contributed by atoms with Crippen molar-refractivity contribution in [3.05, 3.63) is 64.0 Å². The molecule has 3 aromatic rings. The predicted octanol–water partition coefficient (Wildman–Crippen LogP) is -2.21. The van der Waals surface area contributed by atoms with E-state index in [0.717, 1.165) is 0 Å². The Morgan fingerprint density at radius 3 is 1.77 bits per heavy atom. The molecule has 0 aliphatic carbocycles. The van der Waals surface area contributed by atoms with Crippen molar-refractivity contribution in [1.82, 2.24) is 9.97 Å². The minimum Gasteiger partial charge on any atom is -0.410 e. The van der Waals surface area contributed by atoms with Gasteiger partial charge in [0.2, 0.25) is 16.2 Å². The van der Waals surface area contributed by atoms with Crippen LogP contribution in [0.2, 0.25) is 0 Å². The lowest BCUT2D eigenvalue weighted by molar-refractivity contribution is 0.300. The van der Waals surface area contributed by atoms with Crippen LogP contribution in [0.15, 0.2) is 41.5 Å². The van der Waals surface area contributed by atoms with Crippen LogP contribution >= 0.6 is 0 Å². The number of rotatable bonds is 0. The summed E-state index contributed by atoms with van der Waals surface area (Å²) in [4.78, 5) is 56.5. The Labute approximate surface area is 119 Å². The number of H-pyrrole nitrogens is 2. The van der Waals surface area contributed by atoms with Crippen molar-refractivity contribution < 1.29 is 5.21 Å². The molecule has 0 atom stereocenters. The van der Waals surface area contributed by atoms with Gasteiger partial charge in [-0.25, -0.2) is 0 Å². The number of benzene rings is 1. The number of nitrogens with one attached hydrogen (secondary N) is 2. The molecule has 3 N–H and O–H groups in total. The van der Waals surface area contributed by atoms with E-state index in [1.807, 2.05) is 0 Å². The zero-order valence-corrected chi connectivity index (χ0v) is 11.1. The lowest BCUT2D eigenvalue weighted by Gasteiger charge is -2.01. The van der Waals surface area contributed by atoms with Gasteiger partial charge in [-0.15, -0.1) is 0 Å². The molecular formula is C13H8N4O5. The second kappa shape index (κ2) is 4.58. The van der Waals surface area contributed by atoms with Crippen LogP contribution in [0.4, 0.5) is 0 Å². The van der Waals surface area contributed by atoms with E-state index in [2.05, 4.69) is 20.1 Å². The van der Waals surface area contributed by atoms with Gasteiger partial charge in [0.15, 0.2) is 5.36 Å². The number of hydrogen-bond donors (Lipinski definition) is 3. The van der Waals surface area contributed by atoms with Gasteiger partial charge in [0, 0.05) is 7.05 Å². The smallest absolute Gasteiger partial charge is 0.281 e. The quantitative estimate of drug-likeness (QED) is 0.245. The van der Waals surface area contributed by atoms with Crippen LogP contribution in [0.1, 0.15) is 0 Å². The van der Waals surface area contributed by atoms with Crippen molar-refractivity contribution in [3.8, 4) is 0 Å². The standard InChI is InChI=1S/C13H8N4O5/c1-14-8-10(18)6-4(15-12(8)20)2-3-5-7(6)11(19)9(17-22)13(21)16-5/h2-3,22H,1H3,(H,15,20)(H,16,21)/b14-8?,17-9-. The molecule has 0 unspecified atom stereocenters. The molecule has 0 amide bonds. The van der Waals surface area contributed by atoms with E-state index in [0.29, 0.717) is 0 Å². The summed E-state index contributed by atoms with van der Waals surface area (Å²) in [6.07, 6.45) is 0. The second-order valence-electron chi connectivity index (χ2n) is 4.50. The van der Waals surface area contributed by atoms with Crippen molar-refractivity contribution in [3.63, 3.8) is 0 Å². The first kappa shape index (κ1) is 13.6. The Balaban J connectivity index is 2.87. The number of hydrogen-bond acceptors (Lipinski definition) is 7. The molecule has 9 heteroatoms. The van der Waals surface area contributed by atoms with Crippen molar-refractivity contribution in [2.75, 3.05) is 7.05 Å². The third kappa shape index (κ3) is 1.65. The fourth-order valence-corrected chi connectivity index (χ4v) is 2.38. The van der Waals surface area contributed by atoms with Crippen LogP contribution in [-0.2, 0) is 0 Å². The summed E-state index contributed by atoms with van der Waals surface area (Å²) in [5.41, 5.74) is -2.97. The number of aromatic nitrogens is 2. The average Bonchev–Trinajstić information content (AvgIpc) is 2.47. The van der Waals surface area contributed by atoms with Gasteiger partial charge >= 0.3 is 0 Å². The molecule has 3 rings (SSSR count). The van der Waals surface area contributed by atoms with Gasteiger partial charge in [-0.05, 0) is 12.1 Å². The van der Waals surface area contributed by atoms with Crippen molar-refractivity contribution in [2.24, 2.45) is 10.1 Å². The summed E-state index contributed by atoms with van der Waals surface area (Å²) in [5, 5.41) is 10.1. The van der Waals surface area contributed by atoms with E-state index in [1.165, 1.54) is 19.2 Å². The van der Waals surface area contributed by atoms with Crippen LogP contribution in [0.25, 0.3) is 21.8 Å². The monoisotopic (exact) mass is 300 g/mol. The van der Waals surface area contributed by atoms with E-state index in [-0.39, 0.29) is 27.2 Å². The highest BCUT2D eigenvalue weighted by atomic mass is 16.4. The molecule has 0 fully saturated rings. The van der Waals surface area contributed by atoms with Crippen molar-refractivity contribution in [2.45, 2.75) is 0 Å². The van der Waals surface area contributed by atoms with Crippen LogP contribution in [0, 0.1) is 0 Å². The minimum atomic E-state index is -0.905. The Morgan fingerprint density at radius 2 is 1.32 bits per heavy atom. The van der Waals surface area contributed by atoms with Crippen molar-refractivity contribution >= 4 is 21.8 Å². The number of nitrogens with zero attached hydrogens (tertiary/aromatic N) is 2. The summed E-state index contributed by atoms with van der Waals surface area (Å²) >= 11 is 0. The van der Waals surface area contributed by atoms with Gasteiger partial charge in [-0.2, -0.15) is 0 Å². The molecule has 0 aliphatic rings. The molecule has 2 heterocycles. The fraction of sp³-hybridized carbons (Fsp3) is 0.0769. The molecule has 0 bridgehead atoms. The first-order valence-electron chi connectivity index (χ1n) is 6.07. The summed E-state index contributed by atoms with van der Waals surface area (Å²) in [6.45, 7) is 0. The molecular weight excluding hydrogens is 292 g/mol. The molecule has 1 aromatic carbocycles. The maximum Gasteiger partial charge on any atom is 0.281 e. The third-order valence-corrected chi connectivity index (χ3v) is 3.34. The minimum absolute atomic E-state index is 0.0937. The zero-order valence-electron chi connectivity index (χ0n) is 11.1. The molecule has 0 saturated carbocycles. The topological polar surface area (TPSA) is 145 Å². The highest BCUT2D eigenvalue weighted by Crippen LogP contribution is 2.13. The SMILES string of the molecule is CN=c1c(=O)[nH]c2ccc3[nH]c(=O)/c(=N\O)c(=O)c3c2c1=O. The maximum absolute atomic E-state index is 12.4. The van der Waals surface area contributed by atoms with Crippen LogP contribution < -0.4 is 32.7 Å². The summed E-state index contributed by atoms with van der Waals surface area (Å²) < 4.78 is 0. The molecule has 0 radical (unpaired) electrons. The molecule has 22 heavy (non-hydrogen) atoms. The summed E-state index contributed by atoms with van der Waals surface area (Å²) in [7, 11) is 1.28. The Morgan fingerprint density at radius 1 is 0.864 bits per heavy atom. The van der Waals surface area contributed by atoms with Crippen LogP contribution in [-0.4, -0.2) is 22.2 Å². The third-order valence-electron chi connectivity index (χ3n) is 3.34. The number of fused-ring (bicyclic) bond motifs is 3. The Bertz CT molecular complexity index is 1170. The highest BCUT2D eigenvalue weighted by molar-refractivity contribution is 6.04. The van der Waals surface area contributed by atoms with Gasteiger partial charge in [0.05, 0.1) is 21.8 Å². The predicted molar refractivity (Wildman–Crippen MR) is 76.4 cm³/mol. The fourth-order valence-electron chi connectivity index (χ4n) is 2.38. The van der Waals surface area contributed by atoms with E-state index in [4.69, 9.17) is 5.21 Å². The lowest BCUT2D eigenvalue weighted by Crippen LogP contribution is -2.43. The van der Waals surface area contributed by atoms with Crippen LogP contribution in [0.3, 0.4) is 0 Å². The molecule has 110 valence electrons. The van der Waals surface area contributed by atoms with Gasteiger partial charge in [0.1, 0.15) is 0 Å².